The van der Waals surface area contributed by atoms with Crippen LogP contribution in [-0.4, -0.2) is 29.6 Å². The van der Waals surface area contributed by atoms with Crippen molar-refractivity contribution in [2.75, 3.05) is 0 Å². The molecule has 0 bridgehead atoms. The third-order valence-electron chi connectivity index (χ3n) is 6.06. The normalized spacial score (nSPS) is 16.6. The maximum atomic E-state index is 17.2. The van der Waals surface area contributed by atoms with Crippen LogP contribution in [0.15, 0.2) is 0 Å². The van der Waals surface area contributed by atoms with Crippen LogP contribution in [0.4, 0.5) is 12.3 Å². The first kappa shape index (κ1) is 25.4. The molecule has 0 spiro atoms. The quantitative estimate of drug-likeness (QED) is 0.335. The molecule has 0 aromatic rings. The SMILES string of the molecule is CC(C)(C)[Si](C)(N([Si](C)(F)F)[Si](F)(C(C)(C)C)C(C)(C)C)C(C)(C)C. The van der Waals surface area contributed by atoms with Gasteiger partial charge in [0.25, 0.3) is 0 Å². The number of hydrogen-bond acceptors (Lipinski definition) is 1. The molecular formula is C18H42F3NSi3. The molecule has 0 aliphatic heterocycles. The van der Waals surface area contributed by atoms with Crippen molar-refractivity contribution in [1.82, 2.24) is 3.90 Å². The van der Waals surface area contributed by atoms with Gasteiger partial charge in [0.2, 0.25) is 0 Å². The third kappa shape index (κ3) is 4.14. The summed E-state index contributed by atoms with van der Waals surface area (Å²) in [5.41, 5.74) is 0. The Morgan fingerprint density at radius 2 is 0.760 bits per heavy atom. The second kappa shape index (κ2) is 6.48. The highest BCUT2D eigenvalue weighted by Crippen LogP contribution is 2.63. The summed E-state index contributed by atoms with van der Waals surface area (Å²) in [5.74, 6) is 0. The van der Waals surface area contributed by atoms with E-state index in [4.69, 9.17) is 0 Å². The molecule has 0 aromatic carbocycles. The van der Waals surface area contributed by atoms with Crippen LogP contribution in [0.1, 0.15) is 83.1 Å². The number of nitrogens with zero attached hydrogens (tertiary/aromatic N) is 1. The van der Waals surface area contributed by atoms with Gasteiger partial charge >= 0.3 is 17.5 Å². The predicted molar refractivity (Wildman–Crippen MR) is 113 cm³/mol. The molecule has 0 aromatic heterocycles. The Kier molecular flexibility index (Phi) is 6.59. The molecule has 0 rings (SSSR count). The van der Waals surface area contributed by atoms with E-state index in [1.54, 1.807) is 0 Å². The average Bonchev–Trinajstić information content (AvgIpc) is 2.20. The molecule has 0 N–H and O–H groups in total. The van der Waals surface area contributed by atoms with Crippen LogP contribution in [0.2, 0.25) is 33.2 Å². The van der Waals surface area contributed by atoms with E-state index in [-0.39, 0.29) is 10.1 Å². The Labute approximate surface area is 158 Å². The standard InChI is InChI=1S/C18H42F3NSi3/c1-15(2,3)23(13,16(4,5)6)22(24(14,19)20)25(21,17(7,8)9)18(10,11)12/h1-14H3. The van der Waals surface area contributed by atoms with Crippen LogP contribution >= 0.6 is 0 Å². The Bertz CT molecular complexity index is 408. The zero-order chi connectivity index (χ0) is 21.1. The highest BCUT2D eigenvalue weighted by Gasteiger charge is 2.73. The van der Waals surface area contributed by atoms with Crippen molar-refractivity contribution < 1.29 is 12.3 Å². The fraction of sp³-hybridized carbons (Fsp3) is 1.00. The van der Waals surface area contributed by atoms with Crippen molar-refractivity contribution in [3.63, 3.8) is 0 Å². The summed E-state index contributed by atoms with van der Waals surface area (Å²) in [5, 5.41) is -2.36. The summed E-state index contributed by atoms with van der Waals surface area (Å²) in [7, 11) is -11.9. The van der Waals surface area contributed by atoms with E-state index >= 15 is 12.3 Å². The predicted octanol–water partition coefficient (Wildman–Crippen LogP) is 7.98. The van der Waals surface area contributed by atoms with E-state index in [2.05, 4.69) is 0 Å². The van der Waals surface area contributed by atoms with Gasteiger partial charge in [-0.1, -0.05) is 89.6 Å². The summed E-state index contributed by atoms with van der Waals surface area (Å²) >= 11 is 0. The second-order valence-corrected chi connectivity index (χ2v) is 25.6. The van der Waals surface area contributed by atoms with Gasteiger partial charge in [-0.15, -0.1) is 0 Å². The number of rotatable bonds is 3. The van der Waals surface area contributed by atoms with E-state index in [1.165, 1.54) is 3.90 Å². The lowest BCUT2D eigenvalue weighted by atomic mass is 10.2. The van der Waals surface area contributed by atoms with Gasteiger partial charge in [0, 0.05) is 6.55 Å². The molecule has 0 amide bonds. The zero-order valence-corrected chi connectivity index (χ0v) is 22.1. The summed E-state index contributed by atoms with van der Waals surface area (Å²) in [6.45, 7) is 26.1. The molecule has 0 fully saturated rings. The van der Waals surface area contributed by atoms with Crippen LogP contribution in [-0.2, 0) is 0 Å². The first-order valence-electron chi connectivity index (χ1n) is 9.24. The Morgan fingerprint density at radius 1 is 0.520 bits per heavy atom. The lowest BCUT2D eigenvalue weighted by molar-refractivity contribution is 0.395. The Balaban J connectivity index is 7.27. The molecule has 7 heteroatoms. The molecule has 152 valence electrons. The molecule has 0 radical (unpaired) electrons. The molecule has 0 saturated heterocycles. The number of halogens is 3. The molecular weight excluding hydrogens is 371 g/mol. The van der Waals surface area contributed by atoms with E-state index in [1.807, 2.05) is 89.6 Å². The smallest absolute Gasteiger partial charge is 0.293 e. The fourth-order valence-electron chi connectivity index (χ4n) is 4.56. The van der Waals surface area contributed by atoms with Crippen molar-refractivity contribution in [1.29, 1.82) is 0 Å². The minimum absolute atomic E-state index is 0.376. The van der Waals surface area contributed by atoms with Crippen LogP contribution in [0, 0.1) is 0 Å². The van der Waals surface area contributed by atoms with Crippen molar-refractivity contribution in [2.24, 2.45) is 0 Å². The molecule has 0 saturated carbocycles. The van der Waals surface area contributed by atoms with E-state index in [0.29, 0.717) is 0 Å². The van der Waals surface area contributed by atoms with E-state index in [0.717, 1.165) is 6.55 Å². The summed E-state index contributed by atoms with van der Waals surface area (Å²) < 4.78 is 49.3. The van der Waals surface area contributed by atoms with Crippen molar-refractivity contribution >= 4 is 25.7 Å². The monoisotopic (exact) mass is 413 g/mol. The van der Waals surface area contributed by atoms with Crippen LogP contribution in [0.3, 0.4) is 0 Å². The zero-order valence-electron chi connectivity index (χ0n) is 19.1. The topological polar surface area (TPSA) is 3.24 Å². The van der Waals surface area contributed by atoms with E-state index < -0.39 is 35.8 Å². The molecule has 25 heavy (non-hydrogen) atoms. The lowest BCUT2D eigenvalue weighted by Crippen LogP contribution is -2.80. The van der Waals surface area contributed by atoms with Crippen molar-refractivity contribution in [2.45, 2.75) is 116 Å². The van der Waals surface area contributed by atoms with Crippen molar-refractivity contribution in [3.8, 4) is 0 Å². The minimum Gasteiger partial charge on any atom is -0.293 e. The second-order valence-electron chi connectivity index (χ2n) is 11.9. The summed E-state index contributed by atoms with van der Waals surface area (Å²) in [4.78, 5) is 0. The van der Waals surface area contributed by atoms with Gasteiger partial charge in [-0.05, 0) is 20.2 Å². The molecule has 0 aliphatic carbocycles. The van der Waals surface area contributed by atoms with Gasteiger partial charge in [-0.3, -0.25) is 16.2 Å². The van der Waals surface area contributed by atoms with Gasteiger partial charge < -0.3 is 0 Å². The van der Waals surface area contributed by atoms with Gasteiger partial charge in [-0.25, -0.2) is 0 Å². The van der Waals surface area contributed by atoms with Gasteiger partial charge in [0.1, 0.15) is 8.24 Å². The Hall–Kier alpha value is 0.401. The molecule has 0 aliphatic rings. The number of hydrogen-bond donors (Lipinski definition) is 0. The van der Waals surface area contributed by atoms with Gasteiger partial charge in [0.05, 0.1) is 0 Å². The largest absolute Gasteiger partial charge is 0.493 e. The molecule has 0 heterocycles. The average molecular weight is 414 g/mol. The molecule has 1 nitrogen and oxygen atoms in total. The first-order chi connectivity index (χ1) is 10.4. The highest BCUT2D eigenvalue weighted by atomic mass is 28.5. The van der Waals surface area contributed by atoms with Gasteiger partial charge in [-0.2, -0.15) is 0 Å². The van der Waals surface area contributed by atoms with Gasteiger partial charge in [0.15, 0.2) is 0 Å². The van der Waals surface area contributed by atoms with Crippen LogP contribution in [0.5, 0.6) is 0 Å². The third-order valence-corrected chi connectivity index (χ3v) is 25.1. The maximum absolute atomic E-state index is 17.2. The Morgan fingerprint density at radius 3 is 0.880 bits per heavy atom. The van der Waals surface area contributed by atoms with Crippen LogP contribution < -0.4 is 0 Å². The summed E-state index contributed by atoms with van der Waals surface area (Å²) in [6, 6.07) is 0. The molecule has 0 unspecified atom stereocenters. The molecule has 0 atom stereocenters. The lowest BCUT2D eigenvalue weighted by Gasteiger charge is -2.64. The van der Waals surface area contributed by atoms with Crippen molar-refractivity contribution in [3.05, 3.63) is 0 Å². The first-order valence-corrected chi connectivity index (χ1v) is 15.7. The fourth-order valence-corrected chi connectivity index (χ4v) is 27.6. The maximum Gasteiger partial charge on any atom is 0.493 e. The van der Waals surface area contributed by atoms with Crippen LogP contribution in [0.25, 0.3) is 0 Å². The minimum atomic E-state index is -4.91. The highest BCUT2D eigenvalue weighted by molar-refractivity contribution is 7.04. The van der Waals surface area contributed by atoms with E-state index in [9.17, 15) is 0 Å². The summed E-state index contributed by atoms with van der Waals surface area (Å²) in [6.07, 6.45) is 0.